The summed E-state index contributed by atoms with van der Waals surface area (Å²) < 4.78 is 13.5. The van der Waals surface area contributed by atoms with Gasteiger partial charge in [-0.15, -0.1) is 0 Å². The molecule has 22 heavy (non-hydrogen) atoms. The number of nitrogens with one attached hydrogen (secondary N) is 1. The van der Waals surface area contributed by atoms with Crippen LogP contribution in [0.2, 0.25) is 0 Å². The number of hydrogen-bond acceptors (Lipinski definition) is 4. The molecule has 0 atom stereocenters. The van der Waals surface area contributed by atoms with Gasteiger partial charge in [0.05, 0.1) is 5.56 Å². The van der Waals surface area contributed by atoms with Crippen molar-refractivity contribution >= 4 is 11.9 Å². The van der Waals surface area contributed by atoms with Gasteiger partial charge < -0.3 is 10.2 Å². The van der Waals surface area contributed by atoms with Gasteiger partial charge in [-0.25, -0.2) is 14.4 Å². The lowest BCUT2D eigenvalue weighted by molar-refractivity contribution is 0.0950. The summed E-state index contributed by atoms with van der Waals surface area (Å²) in [6, 6.07) is 6.36. The second-order valence-corrected chi connectivity index (χ2v) is 5.24. The van der Waals surface area contributed by atoms with Crippen LogP contribution in [0, 0.1) is 5.82 Å². The summed E-state index contributed by atoms with van der Waals surface area (Å²) in [7, 11) is 0. The lowest BCUT2D eigenvalue weighted by Crippen LogP contribution is -2.25. The highest BCUT2D eigenvalue weighted by Crippen LogP contribution is 2.14. The Kier molecular flexibility index (Phi) is 4.27. The van der Waals surface area contributed by atoms with Crippen LogP contribution in [0.3, 0.4) is 0 Å². The number of hydrogen-bond donors (Lipinski definition) is 1. The minimum absolute atomic E-state index is 0.138. The molecule has 0 saturated carbocycles. The molecule has 5 nitrogen and oxygen atoms in total. The Morgan fingerprint density at radius 2 is 1.86 bits per heavy atom. The van der Waals surface area contributed by atoms with E-state index in [-0.39, 0.29) is 18.3 Å². The molecule has 6 heteroatoms. The highest BCUT2D eigenvalue weighted by atomic mass is 19.1. The standard InChI is InChI=1S/C16H17FN4O/c17-14-6-2-1-5-12(14)9-18-15(22)13-10-19-16(20-11-13)21-7-3-4-8-21/h1-2,5-6,10-11H,3-4,7-9H2,(H,18,22). The fourth-order valence-electron chi connectivity index (χ4n) is 2.44. The first-order chi connectivity index (χ1) is 10.7. The van der Waals surface area contributed by atoms with E-state index in [1.54, 1.807) is 18.2 Å². The molecule has 1 aromatic carbocycles. The van der Waals surface area contributed by atoms with Crippen LogP contribution in [0.15, 0.2) is 36.7 Å². The molecule has 2 aromatic rings. The Hall–Kier alpha value is -2.50. The number of amides is 1. The maximum atomic E-state index is 13.5. The largest absolute Gasteiger partial charge is 0.348 e. The van der Waals surface area contributed by atoms with Gasteiger partial charge in [0.15, 0.2) is 0 Å². The lowest BCUT2D eigenvalue weighted by Gasteiger charge is -2.14. The van der Waals surface area contributed by atoms with E-state index < -0.39 is 0 Å². The van der Waals surface area contributed by atoms with Crippen molar-refractivity contribution in [2.24, 2.45) is 0 Å². The van der Waals surface area contributed by atoms with Gasteiger partial charge in [-0.2, -0.15) is 0 Å². The van der Waals surface area contributed by atoms with Crippen LogP contribution < -0.4 is 10.2 Å². The van der Waals surface area contributed by atoms with E-state index in [1.165, 1.54) is 18.5 Å². The van der Waals surface area contributed by atoms with Crippen molar-refractivity contribution in [1.82, 2.24) is 15.3 Å². The van der Waals surface area contributed by atoms with Crippen LogP contribution in [-0.2, 0) is 6.54 Å². The smallest absolute Gasteiger partial charge is 0.254 e. The number of rotatable bonds is 4. The fourth-order valence-corrected chi connectivity index (χ4v) is 2.44. The van der Waals surface area contributed by atoms with E-state index in [9.17, 15) is 9.18 Å². The quantitative estimate of drug-likeness (QED) is 0.940. The number of carbonyl (C=O) groups is 1. The Balaban J connectivity index is 1.61. The number of halogens is 1. The molecule has 2 heterocycles. The molecule has 0 unspecified atom stereocenters. The molecule has 0 radical (unpaired) electrons. The molecule has 114 valence electrons. The molecule has 3 rings (SSSR count). The Morgan fingerprint density at radius 1 is 1.18 bits per heavy atom. The second-order valence-electron chi connectivity index (χ2n) is 5.24. The van der Waals surface area contributed by atoms with Crippen molar-refractivity contribution < 1.29 is 9.18 Å². The summed E-state index contributed by atoms with van der Waals surface area (Å²) in [4.78, 5) is 22.6. The average molecular weight is 300 g/mol. The predicted octanol–water partition coefficient (Wildman–Crippen LogP) is 2.15. The molecular weight excluding hydrogens is 283 g/mol. The van der Waals surface area contributed by atoms with E-state index in [0.717, 1.165) is 25.9 Å². The molecule has 1 aliphatic heterocycles. The lowest BCUT2D eigenvalue weighted by atomic mass is 10.2. The number of nitrogens with zero attached hydrogens (tertiary/aromatic N) is 3. The van der Waals surface area contributed by atoms with Crippen LogP contribution in [0.1, 0.15) is 28.8 Å². The number of carbonyl (C=O) groups excluding carboxylic acids is 1. The molecule has 1 saturated heterocycles. The van der Waals surface area contributed by atoms with Crippen molar-refractivity contribution in [3.63, 3.8) is 0 Å². The zero-order valence-corrected chi connectivity index (χ0v) is 12.1. The highest BCUT2D eigenvalue weighted by molar-refractivity contribution is 5.93. The summed E-state index contributed by atoms with van der Waals surface area (Å²) >= 11 is 0. The van der Waals surface area contributed by atoms with Gasteiger partial charge in [-0.05, 0) is 18.9 Å². The second kappa shape index (κ2) is 6.51. The van der Waals surface area contributed by atoms with Crippen LogP contribution in [0.5, 0.6) is 0 Å². The van der Waals surface area contributed by atoms with E-state index in [4.69, 9.17) is 0 Å². The summed E-state index contributed by atoms with van der Waals surface area (Å²) in [6.45, 7) is 2.05. The number of aromatic nitrogens is 2. The van der Waals surface area contributed by atoms with Crippen LogP contribution in [0.25, 0.3) is 0 Å². The van der Waals surface area contributed by atoms with Gasteiger partial charge in [0.25, 0.3) is 5.91 Å². The van der Waals surface area contributed by atoms with Crippen LogP contribution in [-0.4, -0.2) is 29.0 Å². The Bertz CT molecular complexity index is 653. The van der Waals surface area contributed by atoms with Gasteiger partial charge in [0.1, 0.15) is 5.82 Å². The fraction of sp³-hybridized carbons (Fsp3) is 0.312. The van der Waals surface area contributed by atoms with Gasteiger partial charge in [0, 0.05) is 37.6 Å². The monoisotopic (exact) mass is 300 g/mol. The van der Waals surface area contributed by atoms with Crippen molar-refractivity contribution in [1.29, 1.82) is 0 Å². The minimum atomic E-state index is -0.330. The summed E-state index contributed by atoms with van der Waals surface area (Å²) in [5.74, 6) is 0.0165. The van der Waals surface area contributed by atoms with Gasteiger partial charge >= 0.3 is 0 Å². The molecule has 0 spiro atoms. The molecular formula is C16H17FN4O. The average Bonchev–Trinajstić information content (AvgIpc) is 3.08. The number of benzene rings is 1. The van der Waals surface area contributed by atoms with Crippen LogP contribution in [0.4, 0.5) is 10.3 Å². The van der Waals surface area contributed by atoms with Crippen molar-refractivity contribution in [3.8, 4) is 0 Å². The summed E-state index contributed by atoms with van der Waals surface area (Å²) in [5.41, 5.74) is 0.824. The normalized spacial score (nSPS) is 14.1. The Labute approximate surface area is 128 Å². The summed E-state index contributed by atoms with van der Waals surface area (Å²) in [5, 5.41) is 2.67. The third kappa shape index (κ3) is 3.21. The SMILES string of the molecule is O=C(NCc1ccccc1F)c1cnc(N2CCCC2)nc1. The molecule has 1 amide bonds. The molecule has 1 N–H and O–H groups in total. The topological polar surface area (TPSA) is 58.1 Å². The van der Waals surface area contributed by atoms with Crippen molar-refractivity contribution in [3.05, 3.63) is 53.6 Å². The Morgan fingerprint density at radius 3 is 2.55 bits per heavy atom. The maximum absolute atomic E-state index is 13.5. The van der Waals surface area contributed by atoms with Gasteiger partial charge in [-0.3, -0.25) is 4.79 Å². The van der Waals surface area contributed by atoms with E-state index in [2.05, 4.69) is 20.2 Å². The van der Waals surface area contributed by atoms with E-state index >= 15 is 0 Å². The van der Waals surface area contributed by atoms with Crippen molar-refractivity contribution in [2.45, 2.75) is 19.4 Å². The first kappa shape index (κ1) is 14.4. The van der Waals surface area contributed by atoms with Gasteiger partial charge in [0.2, 0.25) is 5.95 Å². The molecule has 1 aromatic heterocycles. The first-order valence-electron chi connectivity index (χ1n) is 7.32. The number of anilines is 1. The maximum Gasteiger partial charge on any atom is 0.254 e. The third-order valence-corrected chi connectivity index (χ3v) is 3.69. The predicted molar refractivity (Wildman–Crippen MR) is 81.0 cm³/mol. The zero-order valence-electron chi connectivity index (χ0n) is 12.1. The first-order valence-corrected chi connectivity index (χ1v) is 7.32. The highest BCUT2D eigenvalue weighted by Gasteiger charge is 2.15. The third-order valence-electron chi connectivity index (χ3n) is 3.69. The molecule has 1 fully saturated rings. The van der Waals surface area contributed by atoms with Crippen LogP contribution >= 0.6 is 0 Å². The van der Waals surface area contributed by atoms with Gasteiger partial charge in [-0.1, -0.05) is 18.2 Å². The molecule has 0 bridgehead atoms. The summed E-state index contributed by atoms with van der Waals surface area (Å²) in [6.07, 6.45) is 5.32. The molecule has 1 aliphatic rings. The zero-order chi connectivity index (χ0) is 15.4. The minimum Gasteiger partial charge on any atom is -0.348 e. The van der Waals surface area contributed by atoms with Crippen molar-refractivity contribution in [2.75, 3.05) is 18.0 Å². The molecule has 0 aliphatic carbocycles. The van der Waals surface area contributed by atoms with E-state index in [0.29, 0.717) is 17.1 Å². The van der Waals surface area contributed by atoms with E-state index in [1.807, 2.05) is 0 Å².